The number of nitrogens with two attached hydrogens (primary N) is 1. The Morgan fingerprint density at radius 1 is 1.47 bits per heavy atom. The third-order valence-electron chi connectivity index (χ3n) is 2.92. The van der Waals surface area contributed by atoms with E-state index in [9.17, 15) is 0 Å². The number of hydrogen-bond acceptors (Lipinski definition) is 3. The number of ether oxygens (including phenoxy) is 2. The van der Waals surface area contributed by atoms with E-state index in [2.05, 4.69) is 13.8 Å². The van der Waals surface area contributed by atoms with Gasteiger partial charge in [-0.25, -0.2) is 0 Å². The van der Waals surface area contributed by atoms with Crippen LogP contribution >= 0.6 is 12.2 Å². The van der Waals surface area contributed by atoms with Crippen LogP contribution in [0, 0.1) is 5.41 Å². The molecular weight excluding hydrogens is 210 g/mol. The maximum Gasteiger partial charge on any atom is 0.0785 e. The summed E-state index contributed by atoms with van der Waals surface area (Å²) in [6, 6.07) is 0. The molecule has 0 radical (unpaired) electrons. The van der Waals surface area contributed by atoms with Gasteiger partial charge >= 0.3 is 0 Å². The van der Waals surface area contributed by atoms with Crippen LogP contribution < -0.4 is 5.73 Å². The minimum atomic E-state index is -0.0967. The zero-order valence-electron chi connectivity index (χ0n) is 9.62. The molecule has 0 saturated carbocycles. The predicted molar refractivity (Wildman–Crippen MR) is 65.0 cm³/mol. The highest BCUT2D eigenvalue weighted by Gasteiger charge is 2.22. The van der Waals surface area contributed by atoms with Crippen molar-refractivity contribution in [1.82, 2.24) is 0 Å². The first-order valence-electron chi connectivity index (χ1n) is 5.51. The van der Waals surface area contributed by atoms with E-state index in [0.717, 1.165) is 39.1 Å². The molecule has 0 aliphatic carbocycles. The van der Waals surface area contributed by atoms with Crippen molar-refractivity contribution < 1.29 is 9.47 Å². The fourth-order valence-corrected chi connectivity index (χ4v) is 1.55. The van der Waals surface area contributed by atoms with Crippen molar-refractivity contribution in [1.29, 1.82) is 0 Å². The molecule has 4 heteroatoms. The topological polar surface area (TPSA) is 44.5 Å². The lowest BCUT2D eigenvalue weighted by Gasteiger charge is -2.26. The Morgan fingerprint density at radius 3 is 2.60 bits per heavy atom. The summed E-state index contributed by atoms with van der Waals surface area (Å²) in [5.74, 6) is 0. The van der Waals surface area contributed by atoms with Gasteiger partial charge in [0.05, 0.1) is 11.1 Å². The third-order valence-corrected chi connectivity index (χ3v) is 3.47. The van der Waals surface area contributed by atoms with Crippen molar-refractivity contribution >= 4 is 17.2 Å². The Kier molecular flexibility index (Phi) is 4.96. The average molecular weight is 231 g/mol. The van der Waals surface area contributed by atoms with Gasteiger partial charge in [0.1, 0.15) is 0 Å². The molecule has 0 amide bonds. The van der Waals surface area contributed by atoms with E-state index >= 15 is 0 Å². The zero-order valence-corrected chi connectivity index (χ0v) is 10.4. The Bertz CT molecular complexity index is 213. The lowest BCUT2D eigenvalue weighted by Crippen LogP contribution is -2.32. The minimum Gasteiger partial charge on any atom is -0.393 e. The molecule has 1 heterocycles. The molecule has 1 saturated heterocycles. The lowest BCUT2D eigenvalue weighted by molar-refractivity contribution is -0.0358. The summed E-state index contributed by atoms with van der Waals surface area (Å²) in [6.45, 7) is 6.49. The van der Waals surface area contributed by atoms with Gasteiger partial charge in [-0.05, 0) is 19.3 Å². The molecule has 1 aliphatic heterocycles. The van der Waals surface area contributed by atoms with Crippen molar-refractivity contribution in [3.05, 3.63) is 0 Å². The van der Waals surface area contributed by atoms with Crippen molar-refractivity contribution in [3.63, 3.8) is 0 Å². The lowest BCUT2D eigenvalue weighted by atomic mass is 9.90. The number of rotatable bonds is 5. The second kappa shape index (κ2) is 5.77. The van der Waals surface area contributed by atoms with Gasteiger partial charge in [0.2, 0.25) is 0 Å². The molecule has 0 aromatic carbocycles. The fraction of sp³-hybridized carbons (Fsp3) is 0.909. The second-order valence-electron chi connectivity index (χ2n) is 4.68. The molecule has 0 atom stereocenters. The van der Waals surface area contributed by atoms with Gasteiger partial charge in [-0.1, -0.05) is 26.1 Å². The highest BCUT2D eigenvalue weighted by molar-refractivity contribution is 7.80. The summed E-state index contributed by atoms with van der Waals surface area (Å²) < 4.78 is 11.0. The SMILES string of the molecule is CC(C)(CCOC1CCOCC1)C(N)=S. The van der Waals surface area contributed by atoms with E-state index in [1.807, 2.05) is 0 Å². The summed E-state index contributed by atoms with van der Waals surface area (Å²) in [5.41, 5.74) is 5.55. The first-order valence-corrected chi connectivity index (χ1v) is 5.92. The summed E-state index contributed by atoms with van der Waals surface area (Å²) in [7, 11) is 0. The van der Waals surface area contributed by atoms with Gasteiger partial charge in [-0.3, -0.25) is 0 Å². The summed E-state index contributed by atoms with van der Waals surface area (Å²) in [4.78, 5) is 0.568. The van der Waals surface area contributed by atoms with Gasteiger partial charge in [0.25, 0.3) is 0 Å². The van der Waals surface area contributed by atoms with Crippen LogP contribution in [0.2, 0.25) is 0 Å². The first kappa shape index (κ1) is 12.9. The monoisotopic (exact) mass is 231 g/mol. The van der Waals surface area contributed by atoms with Gasteiger partial charge in [0, 0.05) is 25.2 Å². The smallest absolute Gasteiger partial charge is 0.0785 e. The van der Waals surface area contributed by atoms with Gasteiger partial charge in [-0.2, -0.15) is 0 Å². The van der Waals surface area contributed by atoms with Gasteiger partial charge < -0.3 is 15.2 Å². The second-order valence-corrected chi connectivity index (χ2v) is 5.12. The normalized spacial score (nSPS) is 19.1. The van der Waals surface area contributed by atoms with E-state index in [1.54, 1.807) is 0 Å². The van der Waals surface area contributed by atoms with E-state index < -0.39 is 0 Å². The molecule has 2 N–H and O–H groups in total. The van der Waals surface area contributed by atoms with Crippen LogP contribution in [-0.4, -0.2) is 30.9 Å². The average Bonchev–Trinajstić information content (AvgIpc) is 2.19. The molecule has 3 nitrogen and oxygen atoms in total. The molecular formula is C11H21NO2S. The zero-order chi connectivity index (χ0) is 11.3. The van der Waals surface area contributed by atoms with Gasteiger partial charge in [0.15, 0.2) is 0 Å². The van der Waals surface area contributed by atoms with Crippen LogP contribution in [-0.2, 0) is 9.47 Å². The quantitative estimate of drug-likeness (QED) is 0.734. The van der Waals surface area contributed by atoms with Crippen molar-refractivity contribution in [2.45, 2.75) is 39.2 Å². The molecule has 0 aromatic heterocycles. The van der Waals surface area contributed by atoms with Crippen LogP contribution in [0.3, 0.4) is 0 Å². The van der Waals surface area contributed by atoms with Crippen LogP contribution in [0.15, 0.2) is 0 Å². The number of thiocarbonyl (C=S) groups is 1. The van der Waals surface area contributed by atoms with Crippen LogP contribution in [0.4, 0.5) is 0 Å². The Labute approximate surface area is 97.3 Å². The molecule has 0 aromatic rings. The van der Waals surface area contributed by atoms with Gasteiger partial charge in [-0.15, -0.1) is 0 Å². The molecule has 1 aliphatic rings. The number of hydrogen-bond donors (Lipinski definition) is 1. The van der Waals surface area contributed by atoms with Crippen molar-refractivity contribution in [3.8, 4) is 0 Å². The maximum absolute atomic E-state index is 5.77. The first-order chi connectivity index (χ1) is 7.02. The molecule has 1 rings (SSSR count). The predicted octanol–water partition coefficient (Wildman–Crippen LogP) is 1.88. The molecule has 88 valence electrons. The Morgan fingerprint density at radius 2 is 2.07 bits per heavy atom. The van der Waals surface area contributed by atoms with E-state index in [-0.39, 0.29) is 5.41 Å². The summed E-state index contributed by atoms with van der Waals surface area (Å²) in [6.07, 6.45) is 3.27. The highest BCUT2D eigenvalue weighted by Crippen LogP contribution is 2.21. The molecule has 0 bridgehead atoms. The molecule has 1 fully saturated rings. The third kappa shape index (κ3) is 4.45. The Balaban J connectivity index is 2.17. The van der Waals surface area contributed by atoms with E-state index in [1.165, 1.54) is 0 Å². The largest absolute Gasteiger partial charge is 0.393 e. The minimum absolute atomic E-state index is 0.0967. The van der Waals surface area contributed by atoms with Crippen LogP contribution in [0.5, 0.6) is 0 Å². The summed E-state index contributed by atoms with van der Waals surface area (Å²) >= 11 is 5.00. The molecule has 0 unspecified atom stereocenters. The standard InChI is InChI=1S/C11H21NO2S/c1-11(2,10(12)15)5-8-14-9-3-6-13-7-4-9/h9H,3-8H2,1-2H3,(H2,12,15). The van der Waals surface area contributed by atoms with Crippen LogP contribution in [0.25, 0.3) is 0 Å². The summed E-state index contributed by atoms with van der Waals surface area (Å²) in [5, 5.41) is 0. The Hall–Kier alpha value is -0.190. The van der Waals surface area contributed by atoms with Crippen LogP contribution in [0.1, 0.15) is 33.1 Å². The molecule has 0 spiro atoms. The fourth-order valence-electron chi connectivity index (χ4n) is 1.45. The van der Waals surface area contributed by atoms with E-state index in [0.29, 0.717) is 11.1 Å². The highest BCUT2D eigenvalue weighted by atomic mass is 32.1. The van der Waals surface area contributed by atoms with Crippen molar-refractivity contribution in [2.24, 2.45) is 11.1 Å². The molecule has 15 heavy (non-hydrogen) atoms. The van der Waals surface area contributed by atoms with E-state index in [4.69, 9.17) is 27.4 Å². The van der Waals surface area contributed by atoms with Crippen molar-refractivity contribution in [2.75, 3.05) is 19.8 Å². The maximum atomic E-state index is 5.77.